The van der Waals surface area contributed by atoms with Gasteiger partial charge < -0.3 is 10.2 Å². The van der Waals surface area contributed by atoms with E-state index in [1.54, 1.807) is 17.3 Å². The fourth-order valence-corrected chi connectivity index (χ4v) is 2.79. The van der Waals surface area contributed by atoms with Gasteiger partial charge in [-0.05, 0) is 31.0 Å². The fraction of sp³-hybridized carbons (Fsp3) is 0.333. The maximum absolute atomic E-state index is 12.3. The molecule has 2 heterocycles. The number of nitrogens with one attached hydrogen (secondary N) is 1. The summed E-state index contributed by atoms with van der Waals surface area (Å²) < 4.78 is 0. The van der Waals surface area contributed by atoms with Gasteiger partial charge in [0.25, 0.3) is 0 Å². The summed E-state index contributed by atoms with van der Waals surface area (Å²) in [6, 6.07) is 7.78. The van der Waals surface area contributed by atoms with Crippen LogP contribution in [0.4, 0.5) is 5.69 Å². The van der Waals surface area contributed by atoms with Crippen molar-refractivity contribution in [3.63, 3.8) is 0 Å². The minimum absolute atomic E-state index is 0.00420. The summed E-state index contributed by atoms with van der Waals surface area (Å²) in [5.74, 6) is -0.379. The van der Waals surface area contributed by atoms with Gasteiger partial charge in [-0.1, -0.05) is 17.7 Å². The molecule has 6 heteroatoms. The molecule has 1 unspecified atom stereocenters. The maximum Gasteiger partial charge on any atom is 0.227 e. The van der Waals surface area contributed by atoms with Crippen LogP contribution in [0.25, 0.3) is 0 Å². The van der Waals surface area contributed by atoms with Crippen molar-refractivity contribution in [1.82, 2.24) is 15.3 Å². The van der Waals surface area contributed by atoms with Gasteiger partial charge in [-0.25, -0.2) is 9.97 Å². The summed E-state index contributed by atoms with van der Waals surface area (Å²) in [7, 11) is 0. The van der Waals surface area contributed by atoms with E-state index in [2.05, 4.69) is 15.3 Å². The zero-order valence-electron chi connectivity index (χ0n) is 13.6. The van der Waals surface area contributed by atoms with Gasteiger partial charge in [0.2, 0.25) is 11.8 Å². The lowest BCUT2D eigenvalue weighted by atomic mass is 10.1. The van der Waals surface area contributed by atoms with Gasteiger partial charge in [-0.3, -0.25) is 9.59 Å². The largest absolute Gasteiger partial charge is 0.355 e. The van der Waals surface area contributed by atoms with Crippen LogP contribution in [-0.4, -0.2) is 34.9 Å². The third kappa shape index (κ3) is 3.76. The Hall–Kier alpha value is -2.76. The molecule has 0 saturated carbocycles. The monoisotopic (exact) mass is 324 g/mol. The molecule has 1 atom stereocenters. The van der Waals surface area contributed by atoms with Gasteiger partial charge in [0.1, 0.15) is 6.33 Å². The highest BCUT2D eigenvalue weighted by Gasteiger charge is 2.34. The van der Waals surface area contributed by atoms with Gasteiger partial charge in [0.05, 0.1) is 5.92 Å². The molecular weight excluding hydrogens is 304 g/mol. The molecule has 2 amide bonds. The number of amides is 2. The molecule has 1 aliphatic heterocycles. The molecule has 124 valence electrons. The second-order valence-corrected chi connectivity index (χ2v) is 6.03. The predicted molar refractivity (Wildman–Crippen MR) is 90.4 cm³/mol. The molecule has 2 aromatic rings. The Morgan fingerprint density at radius 1 is 1.25 bits per heavy atom. The lowest BCUT2D eigenvalue weighted by Gasteiger charge is -2.17. The molecule has 0 radical (unpaired) electrons. The molecule has 0 aliphatic carbocycles. The third-order valence-electron chi connectivity index (χ3n) is 4.17. The molecule has 1 N–H and O–H groups in total. The Kier molecular flexibility index (Phi) is 4.84. The maximum atomic E-state index is 12.3. The summed E-state index contributed by atoms with van der Waals surface area (Å²) in [6.07, 6.45) is 5.88. The van der Waals surface area contributed by atoms with E-state index in [1.165, 1.54) is 6.33 Å². The van der Waals surface area contributed by atoms with Crippen molar-refractivity contribution in [1.29, 1.82) is 0 Å². The van der Waals surface area contributed by atoms with E-state index in [0.717, 1.165) is 16.8 Å². The Labute approximate surface area is 140 Å². The van der Waals surface area contributed by atoms with E-state index in [4.69, 9.17) is 0 Å². The minimum Gasteiger partial charge on any atom is -0.355 e. The van der Waals surface area contributed by atoms with E-state index in [0.29, 0.717) is 19.5 Å². The number of aromatic nitrogens is 2. The molecule has 1 fully saturated rings. The number of carbonyl (C=O) groups is 2. The molecule has 6 nitrogen and oxygen atoms in total. The first-order chi connectivity index (χ1) is 11.6. The van der Waals surface area contributed by atoms with Gasteiger partial charge in [0, 0.05) is 37.6 Å². The minimum atomic E-state index is -0.300. The second kappa shape index (κ2) is 7.21. The molecule has 0 spiro atoms. The van der Waals surface area contributed by atoms with Crippen LogP contribution >= 0.6 is 0 Å². The van der Waals surface area contributed by atoms with Crippen LogP contribution in [0.1, 0.15) is 17.5 Å². The molecule has 1 aromatic heterocycles. The molecule has 1 aliphatic rings. The summed E-state index contributed by atoms with van der Waals surface area (Å²) >= 11 is 0. The van der Waals surface area contributed by atoms with Crippen LogP contribution in [0, 0.1) is 12.8 Å². The van der Waals surface area contributed by atoms with Crippen molar-refractivity contribution in [2.75, 3.05) is 18.0 Å². The van der Waals surface area contributed by atoms with Crippen LogP contribution in [0.3, 0.4) is 0 Å². The van der Waals surface area contributed by atoms with Crippen LogP contribution in [0.15, 0.2) is 43.0 Å². The highest BCUT2D eigenvalue weighted by atomic mass is 16.2. The Morgan fingerprint density at radius 2 is 1.96 bits per heavy atom. The first kappa shape index (κ1) is 16.1. The fourth-order valence-electron chi connectivity index (χ4n) is 2.79. The Morgan fingerprint density at radius 3 is 2.67 bits per heavy atom. The van der Waals surface area contributed by atoms with Crippen molar-refractivity contribution in [2.45, 2.75) is 19.8 Å². The number of hydrogen-bond donors (Lipinski definition) is 1. The average Bonchev–Trinajstić information content (AvgIpc) is 2.98. The van der Waals surface area contributed by atoms with Crippen molar-refractivity contribution in [2.24, 2.45) is 5.92 Å². The summed E-state index contributed by atoms with van der Waals surface area (Å²) in [5.41, 5.74) is 2.97. The lowest BCUT2D eigenvalue weighted by molar-refractivity contribution is -0.126. The highest BCUT2D eigenvalue weighted by molar-refractivity contribution is 6.00. The second-order valence-electron chi connectivity index (χ2n) is 6.03. The number of nitrogens with zero attached hydrogens (tertiary/aromatic N) is 3. The normalized spacial score (nSPS) is 17.1. The predicted octanol–water partition coefficient (Wildman–Crippen LogP) is 1.50. The number of rotatable bonds is 5. The topological polar surface area (TPSA) is 75.2 Å². The first-order valence-electron chi connectivity index (χ1n) is 8.02. The number of hydrogen-bond acceptors (Lipinski definition) is 4. The quantitative estimate of drug-likeness (QED) is 0.904. The van der Waals surface area contributed by atoms with Crippen LogP contribution < -0.4 is 10.2 Å². The van der Waals surface area contributed by atoms with E-state index in [-0.39, 0.29) is 24.2 Å². The molecule has 0 bridgehead atoms. The van der Waals surface area contributed by atoms with Crippen molar-refractivity contribution < 1.29 is 9.59 Å². The van der Waals surface area contributed by atoms with Crippen LogP contribution in [0.2, 0.25) is 0 Å². The van der Waals surface area contributed by atoms with E-state index in [9.17, 15) is 9.59 Å². The SMILES string of the molecule is Cc1ccc(N2CC(C(=O)NCCc3cncnc3)CC2=O)cc1. The number of carbonyl (C=O) groups excluding carboxylic acids is 2. The van der Waals surface area contributed by atoms with Gasteiger partial charge >= 0.3 is 0 Å². The molecule has 24 heavy (non-hydrogen) atoms. The standard InChI is InChI=1S/C18H20N4O2/c1-13-2-4-16(5-3-13)22-11-15(8-17(22)23)18(24)21-7-6-14-9-19-12-20-10-14/h2-5,9-10,12,15H,6-8,11H2,1H3,(H,21,24). The lowest BCUT2D eigenvalue weighted by Crippen LogP contribution is -2.34. The third-order valence-corrected chi connectivity index (χ3v) is 4.17. The van der Waals surface area contributed by atoms with E-state index >= 15 is 0 Å². The number of benzene rings is 1. The Balaban J connectivity index is 1.53. The molecule has 1 aromatic carbocycles. The zero-order valence-corrected chi connectivity index (χ0v) is 13.6. The van der Waals surface area contributed by atoms with E-state index < -0.39 is 0 Å². The summed E-state index contributed by atoms with van der Waals surface area (Å²) in [6.45, 7) is 2.95. The molecule has 1 saturated heterocycles. The number of aryl methyl sites for hydroxylation is 1. The van der Waals surface area contributed by atoms with Gasteiger partial charge in [-0.15, -0.1) is 0 Å². The van der Waals surface area contributed by atoms with Crippen molar-refractivity contribution in [3.8, 4) is 0 Å². The van der Waals surface area contributed by atoms with Crippen molar-refractivity contribution in [3.05, 3.63) is 54.1 Å². The zero-order chi connectivity index (χ0) is 16.9. The summed E-state index contributed by atoms with van der Waals surface area (Å²) in [5, 5.41) is 2.90. The molecular formula is C18H20N4O2. The molecule has 3 rings (SSSR count). The highest BCUT2D eigenvalue weighted by Crippen LogP contribution is 2.25. The average molecular weight is 324 g/mol. The van der Waals surface area contributed by atoms with Gasteiger partial charge in [-0.2, -0.15) is 0 Å². The van der Waals surface area contributed by atoms with E-state index in [1.807, 2.05) is 31.2 Å². The van der Waals surface area contributed by atoms with Gasteiger partial charge in [0.15, 0.2) is 0 Å². The summed E-state index contributed by atoms with van der Waals surface area (Å²) in [4.78, 5) is 34.1. The number of anilines is 1. The first-order valence-corrected chi connectivity index (χ1v) is 8.02. The van der Waals surface area contributed by atoms with Crippen LogP contribution in [0.5, 0.6) is 0 Å². The smallest absolute Gasteiger partial charge is 0.227 e. The van der Waals surface area contributed by atoms with Crippen molar-refractivity contribution >= 4 is 17.5 Å². The Bertz CT molecular complexity index is 716. The van der Waals surface area contributed by atoms with Crippen LogP contribution in [-0.2, 0) is 16.0 Å².